The van der Waals surface area contributed by atoms with Gasteiger partial charge < -0.3 is 21.7 Å². The summed E-state index contributed by atoms with van der Waals surface area (Å²) in [6.07, 6.45) is 4.31. The summed E-state index contributed by atoms with van der Waals surface area (Å²) in [5.74, 6) is -0.419. The van der Waals surface area contributed by atoms with E-state index < -0.39 is 0 Å². The number of benzene rings is 1. The zero-order valence-corrected chi connectivity index (χ0v) is 10.0. The highest BCUT2D eigenvalue weighted by Crippen LogP contribution is 2.25. The maximum Gasteiger partial charge on any atom is 0.157 e. The normalized spacial score (nSPS) is 11.3. The smallest absolute Gasteiger partial charge is 0.157 e. The highest BCUT2D eigenvalue weighted by Gasteiger charge is 2.01. The molecule has 0 saturated heterocycles. The number of phenolic OH excluding ortho intramolecular Hbond substituents is 2. The fourth-order valence-electron chi connectivity index (χ4n) is 1.43. The monoisotopic (exact) mass is 250 g/mol. The quantitative estimate of drug-likeness (QED) is 0.343. The average molecular weight is 250 g/mol. The molecule has 0 atom stereocenters. The topological polar surface area (TPSA) is 110 Å². The van der Waals surface area contributed by atoms with E-state index >= 15 is 0 Å². The molecular weight excluding hydrogens is 232 g/mol. The van der Waals surface area contributed by atoms with Crippen molar-refractivity contribution >= 4 is 11.9 Å². The number of rotatable bonds is 6. The van der Waals surface area contributed by atoms with E-state index in [1.54, 1.807) is 12.1 Å². The van der Waals surface area contributed by atoms with Crippen LogP contribution in [0.15, 0.2) is 24.3 Å². The maximum absolute atomic E-state index is 11.5. The molecule has 1 aromatic carbocycles. The van der Waals surface area contributed by atoms with Crippen molar-refractivity contribution in [2.45, 2.75) is 25.4 Å². The first-order valence-corrected chi connectivity index (χ1v) is 5.73. The van der Waals surface area contributed by atoms with Gasteiger partial charge in [-0.25, -0.2) is 0 Å². The molecule has 0 aliphatic carbocycles. The van der Waals surface area contributed by atoms with Crippen molar-refractivity contribution in [2.24, 2.45) is 11.5 Å². The molecule has 0 radical (unpaired) electrons. The van der Waals surface area contributed by atoms with Crippen molar-refractivity contribution in [2.75, 3.05) is 0 Å². The summed E-state index contributed by atoms with van der Waals surface area (Å²) < 4.78 is 0. The van der Waals surface area contributed by atoms with Crippen LogP contribution in [0.4, 0.5) is 0 Å². The molecular formula is C13H18N2O3. The van der Waals surface area contributed by atoms with Crippen molar-refractivity contribution in [1.82, 2.24) is 0 Å². The van der Waals surface area contributed by atoms with Crippen molar-refractivity contribution in [3.05, 3.63) is 29.8 Å². The number of ketones is 1. The minimum absolute atomic E-state index is 0.0248. The second kappa shape index (κ2) is 6.78. The highest BCUT2D eigenvalue weighted by molar-refractivity contribution is 5.93. The van der Waals surface area contributed by atoms with Gasteiger partial charge in [-0.3, -0.25) is 4.79 Å². The van der Waals surface area contributed by atoms with Gasteiger partial charge in [-0.1, -0.05) is 12.1 Å². The second-order valence-electron chi connectivity index (χ2n) is 4.10. The van der Waals surface area contributed by atoms with E-state index in [2.05, 4.69) is 0 Å². The molecule has 5 heteroatoms. The molecule has 98 valence electrons. The summed E-state index contributed by atoms with van der Waals surface area (Å²) in [6.45, 7) is 0. The maximum atomic E-state index is 11.5. The van der Waals surface area contributed by atoms with Crippen LogP contribution in [0.1, 0.15) is 24.8 Å². The van der Waals surface area contributed by atoms with Crippen LogP contribution in [-0.4, -0.2) is 22.2 Å². The second-order valence-corrected chi connectivity index (χ2v) is 4.10. The molecule has 1 aromatic rings. The third kappa shape index (κ3) is 4.99. The zero-order valence-electron chi connectivity index (χ0n) is 10.0. The number of nitrogens with two attached hydrogens (primary N) is 2. The molecule has 0 aliphatic heterocycles. The largest absolute Gasteiger partial charge is 0.504 e. The molecule has 5 nitrogen and oxygen atoms in total. The summed E-state index contributed by atoms with van der Waals surface area (Å²) in [5.41, 5.74) is 11.4. The van der Waals surface area contributed by atoms with Crippen LogP contribution >= 0.6 is 0 Å². The van der Waals surface area contributed by atoms with Gasteiger partial charge in [-0.2, -0.15) is 0 Å². The number of hydrogen-bond donors (Lipinski definition) is 4. The van der Waals surface area contributed by atoms with Gasteiger partial charge in [0.2, 0.25) is 0 Å². The van der Waals surface area contributed by atoms with Gasteiger partial charge in [-0.15, -0.1) is 0 Å². The Labute approximate surface area is 106 Å². The highest BCUT2D eigenvalue weighted by atomic mass is 16.3. The molecule has 0 amide bonds. The van der Waals surface area contributed by atoms with Crippen molar-refractivity contribution in [1.29, 1.82) is 0 Å². The van der Waals surface area contributed by atoms with Crippen molar-refractivity contribution < 1.29 is 15.0 Å². The van der Waals surface area contributed by atoms with Gasteiger partial charge in [0.15, 0.2) is 17.3 Å². The van der Waals surface area contributed by atoms with Gasteiger partial charge in [0.25, 0.3) is 0 Å². The van der Waals surface area contributed by atoms with Gasteiger partial charge >= 0.3 is 0 Å². The Bertz CT molecular complexity index is 442. The fraction of sp³-hybridized carbons (Fsp3) is 0.308. The Balaban J connectivity index is 2.48. The molecule has 18 heavy (non-hydrogen) atoms. The molecule has 1 rings (SSSR count). The SMILES string of the molecule is NC(N)CCCC(=O)/C=C/c1ccc(O)c(O)c1. The fourth-order valence-corrected chi connectivity index (χ4v) is 1.43. The number of carbonyl (C=O) groups excluding carboxylic acids is 1. The van der Waals surface area contributed by atoms with Crippen LogP contribution in [0, 0.1) is 0 Å². The Morgan fingerprint density at radius 1 is 1.28 bits per heavy atom. The predicted molar refractivity (Wildman–Crippen MR) is 69.8 cm³/mol. The van der Waals surface area contributed by atoms with Crippen molar-refractivity contribution in [3.8, 4) is 11.5 Å². The lowest BCUT2D eigenvalue weighted by Gasteiger charge is -2.02. The first-order chi connectivity index (χ1) is 8.49. The molecule has 0 aliphatic rings. The molecule has 0 unspecified atom stereocenters. The Hall–Kier alpha value is -1.85. The molecule has 0 fully saturated rings. The Morgan fingerprint density at radius 3 is 2.61 bits per heavy atom. The molecule has 6 N–H and O–H groups in total. The molecule has 0 bridgehead atoms. The Kier molecular flexibility index (Phi) is 5.35. The van der Waals surface area contributed by atoms with Crippen LogP contribution in [0.25, 0.3) is 6.08 Å². The number of aromatic hydroxyl groups is 2. The van der Waals surface area contributed by atoms with Crippen LogP contribution in [-0.2, 0) is 4.79 Å². The molecule has 0 spiro atoms. The van der Waals surface area contributed by atoms with E-state index in [1.807, 2.05) is 0 Å². The van der Waals surface area contributed by atoms with E-state index in [9.17, 15) is 9.90 Å². The van der Waals surface area contributed by atoms with Crippen LogP contribution in [0.5, 0.6) is 11.5 Å². The number of allylic oxidation sites excluding steroid dienone is 1. The van der Waals surface area contributed by atoms with E-state index in [0.29, 0.717) is 24.8 Å². The van der Waals surface area contributed by atoms with E-state index in [0.717, 1.165) is 0 Å². The van der Waals surface area contributed by atoms with Crippen LogP contribution in [0.3, 0.4) is 0 Å². The summed E-state index contributed by atoms with van der Waals surface area (Å²) >= 11 is 0. The van der Waals surface area contributed by atoms with Gasteiger partial charge in [-0.05, 0) is 36.6 Å². The van der Waals surface area contributed by atoms with E-state index in [4.69, 9.17) is 16.6 Å². The summed E-state index contributed by atoms with van der Waals surface area (Å²) in [7, 11) is 0. The third-order valence-corrected chi connectivity index (χ3v) is 2.42. The van der Waals surface area contributed by atoms with Gasteiger partial charge in [0.05, 0.1) is 6.17 Å². The summed E-state index contributed by atoms with van der Waals surface area (Å²) in [5, 5.41) is 18.4. The number of carbonyl (C=O) groups is 1. The van der Waals surface area contributed by atoms with Crippen molar-refractivity contribution in [3.63, 3.8) is 0 Å². The minimum atomic E-state index is -0.379. The Morgan fingerprint density at radius 2 is 2.00 bits per heavy atom. The molecule has 0 saturated carbocycles. The minimum Gasteiger partial charge on any atom is -0.504 e. The zero-order chi connectivity index (χ0) is 13.5. The van der Waals surface area contributed by atoms with Gasteiger partial charge in [0, 0.05) is 6.42 Å². The van der Waals surface area contributed by atoms with E-state index in [-0.39, 0.29) is 23.4 Å². The number of hydrogen-bond acceptors (Lipinski definition) is 5. The van der Waals surface area contributed by atoms with Crippen LogP contribution < -0.4 is 11.5 Å². The van der Waals surface area contributed by atoms with Gasteiger partial charge in [0.1, 0.15) is 0 Å². The first-order valence-electron chi connectivity index (χ1n) is 5.73. The third-order valence-electron chi connectivity index (χ3n) is 2.42. The average Bonchev–Trinajstić information content (AvgIpc) is 2.30. The molecule has 0 aromatic heterocycles. The van der Waals surface area contributed by atoms with Crippen LogP contribution in [0.2, 0.25) is 0 Å². The number of phenols is 2. The summed E-state index contributed by atoms with van der Waals surface area (Å²) in [6, 6.07) is 4.36. The lowest BCUT2D eigenvalue weighted by molar-refractivity contribution is -0.114. The van der Waals surface area contributed by atoms with E-state index in [1.165, 1.54) is 18.2 Å². The lowest BCUT2D eigenvalue weighted by atomic mass is 10.1. The first kappa shape index (κ1) is 14.2. The molecule has 0 heterocycles. The predicted octanol–water partition coefficient (Wildman–Crippen LogP) is 1.09. The lowest BCUT2D eigenvalue weighted by Crippen LogP contribution is -2.30. The standard InChI is InChI=1S/C13H18N2O3/c14-13(15)3-1-2-10(16)6-4-9-5-7-11(17)12(18)8-9/h4-8,13,17-18H,1-3,14-15H2/b6-4+. The summed E-state index contributed by atoms with van der Waals surface area (Å²) in [4.78, 5) is 11.5.